The van der Waals surface area contributed by atoms with Crippen LogP contribution in [0.2, 0.25) is 0 Å². The first kappa shape index (κ1) is 17.4. The van der Waals surface area contributed by atoms with E-state index in [9.17, 15) is 13.2 Å². The Hall–Kier alpha value is -1.96. The molecule has 0 bridgehead atoms. The number of sulfonamides is 1. The van der Waals surface area contributed by atoms with Gasteiger partial charge in [-0.1, -0.05) is 44.2 Å². The van der Waals surface area contributed by atoms with Crippen molar-refractivity contribution in [2.75, 3.05) is 7.11 Å². The van der Waals surface area contributed by atoms with Crippen LogP contribution in [0.1, 0.15) is 13.8 Å². The Balaban J connectivity index is 2.33. The van der Waals surface area contributed by atoms with E-state index in [2.05, 4.69) is 15.0 Å². The quantitative estimate of drug-likeness (QED) is 0.788. The molecular weight excluding hydrogens is 316 g/mol. The van der Waals surface area contributed by atoms with Crippen molar-refractivity contribution < 1.29 is 18.0 Å². The van der Waals surface area contributed by atoms with E-state index in [0.717, 1.165) is 10.8 Å². The van der Waals surface area contributed by atoms with Crippen LogP contribution in [0.3, 0.4) is 0 Å². The normalized spacial score (nSPS) is 13.2. The number of hydrogen-bond donors (Lipinski definition) is 2. The smallest absolute Gasteiger partial charge is 0.261 e. The highest BCUT2D eigenvalue weighted by molar-refractivity contribution is 7.89. The Labute approximate surface area is 135 Å². The zero-order valence-corrected chi connectivity index (χ0v) is 14.1. The summed E-state index contributed by atoms with van der Waals surface area (Å²) in [6, 6.07) is 11.4. The van der Waals surface area contributed by atoms with Crippen molar-refractivity contribution in [2.24, 2.45) is 5.92 Å². The number of carbonyl (C=O) groups is 1. The predicted molar refractivity (Wildman–Crippen MR) is 88.0 cm³/mol. The van der Waals surface area contributed by atoms with E-state index in [-0.39, 0.29) is 10.8 Å². The molecule has 124 valence electrons. The molecule has 0 aliphatic rings. The van der Waals surface area contributed by atoms with Gasteiger partial charge < -0.3 is 0 Å². The van der Waals surface area contributed by atoms with Gasteiger partial charge in [-0.05, 0) is 28.8 Å². The van der Waals surface area contributed by atoms with Crippen molar-refractivity contribution >= 4 is 26.7 Å². The molecule has 0 aliphatic carbocycles. The number of hydrogen-bond acceptors (Lipinski definition) is 4. The summed E-state index contributed by atoms with van der Waals surface area (Å²) in [5.41, 5.74) is 2.16. The van der Waals surface area contributed by atoms with Gasteiger partial charge in [0.05, 0.1) is 12.0 Å². The topological polar surface area (TPSA) is 84.5 Å². The molecule has 23 heavy (non-hydrogen) atoms. The number of amides is 1. The molecule has 0 fully saturated rings. The first-order chi connectivity index (χ1) is 10.8. The molecule has 2 aromatic rings. The third kappa shape index (κ3) is 4.07. The fourth-order valence-corrected chi connectivity index (χ4v) is 3.61. The highest BCUT2D eigenvalue weighted by atomic mass is 32.2. The Bertz CT molecular complexity index is 803. The molecule has 0 spiro atoms. The minimum absolute atomic E-state index is 0.118. The van der Waals surface area contributed by atoms with Gasteiger partial charge in [-0.3, -0.25) is 9.63 Å². The Morgan fingerprint density at radius 3 is 2.35 bits per heavy atom. The molecular formula is C16H20N2O4S. The second-order valence-electron chi connectivity index (χ2n) is 5.52. The van der Waals surface area contributed by atoms with Gasteiger partial charge in [0.2, 0.25) is 10.0 Å². The fourth-order valence-electron chi connectivity index (χ4n) is 2.23. The van der Waals surface area contributed by atoms with Crippen LogP contribution in [0.4, 0.5) is 0 Å². The van der Waals surface area contributed by atoms with Gasteiger partial charge in [0.25, 0.3) is 5.91 Å². The van der Waals surface area contributed by atoms with Gasteiger partial charge in [0.1, 0.15) is 6.04 Å². The molecule has 1 amide bonds. The lowest BCUT2D eigenvalue weighted by atomic mass is 10.1. The maximum absolute atomic E-state index is 12.6. The molecule has 0 aromatic heterocycles. The van der Waals surface area contributed by atoms with Gasteiger partial charge >= 0.3 is 0 Å². The van der Waals surface area contributed by atoms with Crippen molar-refractivity contribution in [3.05, 3.63) is 42.5 Å². The zero-order valence-electron chi connectivity index (χ0n) is 13.2. The summed E-state index contributed by atoms with van der Waals surface area (Å²) in [6.07, 6.45) is 0. The van der Waals surface area contributed by atoms with Gasteiger partial charge in [-0.2, -0.15) is 4.72 Å². The first-order valence-corrected chi connectivity index (χ1v) is 8.67. The van der Waals surface area contributed by atoms with E-state index in [1.165, 1.54) is 13.2 Å². The van der Waals surface area contributed by atoms with E-state index in [1.807, 2.05) is 24.3 Å². The Kier molecular flexibility index (Phi) is 5.35. The largest absolute Gasteiger partial charge is 0.277 e. The van der Waals surface area contributed by atoms with Crippen LogP contribution >= 0.6 is 0 Å². The van der Waals surface area contributed by atoms with Crippen molar-refractivity contribution in [3.8, 4) is 0 Å². The predicted octanol–water partition coefficient (Wildman–Crippen LogP) is 1.82. The van der Waals surface area contributed by atoms with E-state index in [1.54, 1.807) is 26.0 Å². The molecule has 0 saturated carbocycles. The third-order valence-electron chi connectivity index (χ3n) is 3.47. The molecule has 0 unspecified atom stereocenters. The first-order valence-electron chi connectivity index (χ1n) is 7.19. The zero-order chi connectivity index (χ0) is 17.0. The number of fused-ring (bicyclic) bond motifs is 1. The van der Waals surface area contributed by atoms with E-state index >= 15 is 0 Å². The van der Waals surface area contributed by atoms with Gasteiger partial charge in [-0.15, -0.1) is 0 Å². The molecule has 1 atom stereocenters. The van der Waals surface area contributed by atoms with Crippen LogP contribution in [-0.4, -0.2) is 27.5 Å². The summed E-state index contributed by atoms with van der Waals surface area (Å²) >= 11 is 0. The lowest BCUT2D eigenvalue weighted by Crippen LogP contribution is -2.49. The van der Waals surface area contributed by atoms with Crippen LogP contribution in [-0.2, 0) is 19.7 Å². The van der Waals surface area contributed by atoms with Gasteiger partial charge in [-0.25, -0.2) is 13.9 Å². The molecule has 0 radical (unpaired) electrons. The van der Waals surface area contributed by atoms with Crippen LogP contribution in [0.15, 0.2) is 47.4 Å². The Morgan fingerprint density at radius 1 is 1.09 bits per heavy atom. The van der Waals surface area contributed by atoms with Crippen LogP contribution in [0.5, 0.6) is 0 Å². The standard InChI is InChI=1S/C16H20N2O4S/c1-11(2)15(16(19)17-22-3)18-23(20,21)14-9-8-12-6-4-5-7-13(12)10-14/h4-11,15,18H,1-3H3,(H,17,19)/t15-/m1/s1. The number of carbonyl (C=O) groups excluding carboxylic acids is 1. The maximum Gasteiger partial charge on any atom is 0.261 e. The van der Waals surface area contributed by atoms with Crippen molar-refractivity contribution in [3.63, 3.8) is 0 Å². The third-order valence-corrected chi connectivity index (χ3v) is 4.90. The second kappa shape index (κ2) is 7.08. The van der Waals surface area contributed by atoms with Crippen molar-refractivity contribution in [2.45, 2.75) is 24.8 Å². The molecule has 6 nitrogen and oxygen atoms in total. The van der Waals surface area contributed by atoms with Crippen LogP contribution in [0, 0.1) is 5.92 Å². The van der Waals surface area contributed by atoms with E-state index < -0.39 is 22.0 Å². The number of rotatable bonds is 6. The minimum Gasteiger partial charge on any atom is -0.277 e. The van der Waals surface area contributed by atoms with Crippen LogP contribution in [0.25, 0.3) is 10.8 Å². The van der Waals surface area contributed by atoms with E-state index in [4.69, 9.17) is 0 Å². The van der Waals surface area contributed by atoms with Gasteiger partial charge in [0.15, 0.2) is 0 Å². The summed E-state index contributed by atoms with van der Waals surface area (Å²) in [6.45, 7) is 3.51. The lowest BCUT2D eigenvalue weighted by Gasteiger charge is -2.21. The van der Waals surface area contributed by atoms with Crippen molar-refractivity contribution in [1.29, 1.82) is 0 Å². The van der Waals surface area contributed by atoms with Gasteiger partial charge in [0, 0.05) is 0 Å². The summed E-state index contributed by atoms with van der Waals surface area (Å²) in [5.74, 6) is -0.771. The minimum atomic E-state index is -3.83. The average molecular weight is 336 g/mol. The molecule has 2 aromatic carbocycles. The molecule has 2 N–H and O–H groups in total. The molecule has 0 aliphatic heterocycles. The molecule has 0 saturated heterocycles. The van der Waals surface area contributed by atoms with Crippen molar-refractivity contribution in [1.82, 2.24) is 10.2 Å². The fraction of sp³-hybridized carbons (Fsp3) is 0.312. The number of hydroxylamine groups is 1. The molecule has 0 heterocycles. The average Bonchev–Trinajstić information content (AvgIpc) is 2.52. The monoisotopic (exact) mass is 336 g/mol. The second-order valence-corrected chi connectivity index (χ2v) is 7.24. The summed E-state index contributed by atoms with van der Waals surface area (Å²) in [7, 11) is -2.53. The maximum atomic E-state index is 12.6. The highest BCUT2D eigenvalue weighted by Crippen LogP contribution is 2.19. The lowest BCUT2D eigenvalue weighted by molar-refractivity contribution is -0.134. The summed E-state index contributed by atoms with van der Waals surface area (Å²) in [4.78, 5) is 16.6. The molecule has 7 heteroatoms. The highest BCUT2D eigenvalue weighted by Gasteiger charge is 2.28. The number of nitrogens with one attached hydrogen (secondary N) is 2. The van der Waals surface area contributed by atoms with Crippen LogP contribution < -0.4 is 10.2 Å². The number of benzene rings is 2. The summed E-state index contributed by atoms with van der Waals surface area (Å²) in [5, 5.41) is 1.77. The Morgan fingerprint density at radius 2 is 1.74 bits per heavy atom. The SMILES string of the molecule is CONC(=O)[C@H](NS(=O)(=O)c1ccc2ccccc2c1)C(C)C. The van der Waals surface area contributed by atoms with E-state index in [0.29, 0.717) is 0 Å². The molecule has 2 rings (SSSR count). The summed E-state index contributed by atoms with van der Waals surface area (Å²) < 4.78 is 27.6.